The van der Waals surface area contributed by atoms with Crippen LogP contribution in [0.2, 0.25) is 0 Å². The molecule has 0 saturated heterocycles. The summed E-state index contributed by atoms with van der Waals surface area (Å²) >= 11 is 3.82. The van der Waals surface area contributed by atoms with Gasteiger partial charge in [0.2, 0.25) is 0 Å². The van der Waals surface area contributed by atoms with Gasteiger partial charge < -0.3 is 0 Å². The summed E-state index contributed by atoms with van der Waals surface area (Å²) in [7, 11) is 0. The smallest absolute Gasteiger partial charge is 0.250 e. The van der Waals surface area contributed by atoms with Crippen LogP contribution in [0.3, 0.4) is 0 Å². The predicted octanol–water partition coefficient (Wildman–Crippen LogP) is 6.13. The van der Waals surface area contributed by atoms with Gasteiger partial charge in [0, 0.05) is 24.7 Å². The van der Waals surface area contributed by atoms with Crippen LogP contribution in [0.15, 0.2) is 103 Å². The van der Waals surface area contributed by atoms with Crippen molar-refractivity contribution in [2.24, 2.45) is 0 Å². The van der Waals surface area contributed by atoms with E-state index in [1.165, 1.54) is 29.6 Å². The van der Waals surface area contributed by atoms with E-state index in [1.807, 2.05) is 42.5 Å². The lowest BCUT2D eigenvalue weighted by molar-refractivity contribution is -0.137. The molecular formula is C20H12F3N5S3. The molecule has 0 aliphatic rings. The summed E-state index contributed by atoms with van der Waals surface area (Å²) in [5.41, 5.74) is -0.802. The molecule has 0 aromatic carbocycles. The van der Waals surface area contributed by atoms with E-state index in [2.05, 4.69) is 24.9 Å². The lowest BCUT2D eigenvalue weighted by Gasteiger charge is -2.08. The Balaban J connectivity index is 1.62. The Morgan fingerprint density at radius 1 is 0.613 bits per heavy atom. The summed E-state index contributed by atoms with van der Waals surface area (Å²) in [5.74, 6) is 0. The van der Waals surface area contributed by atoms with Gasteiger partial charge in [0.1, 0.15) is 25.1 Å². The van der Waals surface area contributed by atoms with Gasteiger partial charge in [-0.15, -0.1) is 0 Å². The van der Waals surface area contributed by atoms with Crippen molar-refractivity contribution in [2.75, 3.05) is 0 Å². The topological polar surface area (TPSA) is 64.5 Å². The van der Waals surface area contributed by atoms with E-state index >= 15 is 0 Å². The number of nitrogens with zero attached hydrogens (tertiary/aromatic N) is 5. The van der Waals surface area contributed by atoms with Crippen LogP contribution in [-0.2, 0) is 6.18 Å². The van der Waals surface area contributed by atoms with Crippen molar-refractivity contribution >= 4 is 35.3 Å². The van der Waals surface area contributed by atoms with Crippen LogP contribution >= 0.6 is 35.3 Å². The van der Waals surface area contributed by atoms with Gasteiger partial charge in [-0.1, -0.05) is 12.1 Å². The van der Waals surface area contributed by atoms with Crippen molar-refractivity contribution < 1.29 is 13.2 Å². The molecule has 5 nitrogen and oxygen atoms in total. The third kappa shape index (κ3) is 6.18. The van der Waals surface area contributed by atoms with Gasteiger partial charge in [-0.25, -0.2) is 24.9 Å². The van der Waals surface area contributed by atoms with Crippen LogP contribution in [-0.4, -0.2) is 24.9 Å². The first-order valence-electron chi connectivity index (χ1n) is 8.74. The van der Waals surface area contributed by atoms with Crippen LogP contribution in [0.25, 0.3) is 0 Å². The fourth-order valence-electron chi connectivity index (χ4n) is 2.27. The second-order valence-corrected chi connectivity index (χ2v) is 8.92. The molecule has 4 rings (SSSR count). The zero-order chi connectivity index (χ0) is 21.7. The highest BCUT2D eigenvalue weighted by Gasteiger charge is 2.30. The average molecular weight is 476 g/mol. The second kappa shape index (κ2) is 9.67. The van der Waals surface area contributed by atoms with Gasteiger partial charge in [-0.05, 0) is 71.7 Å². The maximum Gasteiger partial charge on any atom is 0.417 e. The van der Waals surface area contributed by atoms with Crippen LogP contribution < -0.4 is 0 Å². The normalized spacial score (nSPS) is 11.5. The maximum atomic E-state index is 12.8. The molecule has 4 aromatic heterocycles. The molecule has 4 heterocycles. The van der Waals surface area contributed by atoms with E-state index in [-0.39, 0.29) is 0 Å². The Morgan fingerprint density at radius 2 is 1.19 bits per heavy atom. The second-order valence-electron chi connectivity index (χ2n) is 5.85. The van der Waals surface area contributed by atoms with Crippen molar-refractivity contribution in [2.45, 2.75) is 36.5 Å². The number of hydrogen-bond donors (Lipinski definition) is 0. The van der Waals surface area contributed by atoms with Crippen LogP contribution in [0.5, 0.6) is 0 Å². The van der Waals surface area contributed by atoms with Gasteiger partial charge in [0.15, 0.2) is 5.16 Å². The summed E-state index contributed by atoms with van der Waals surface area (Å²) < 4.78 is 38.3. The van der Waals surface area contributed by atoms with Crippen LogP contribution in [0.4, 0.5) is 13.2 Å². The molecule has 0 saturated carbocycles. The SMILES string of the molecule is FC(F)(F)c1ccc(Sc2nc(Sc3ccccn3)cc(Sc3ccccn3)n2)nc1. The minimum atomic E-state index is -4.43. The molecule has 0 unspecified atom stereocenters. The molecule has 0 aliphatic carbocycles. The summed E-state index contributed by atoms with van der Waals surface area (Å²) in [6, 6.07) is 15.2. The van der Waals surface area contributed by atoms with E-state index in [0.29, 0.717) is 20.2 Å². The van der Waals surface area contributed by atoms with Gasteiger partial charge in [-0.2, -0.15) is 13.2 Å². The fraction of sp³-hybridized carbons (Fsp3) is 0.0500. The lowest BCUT2D eigenvalue weighted by atomic mass is 10.3. The molecule has 31 heavy (non-hydrogen) atoms. The number of alkyl halides is 3. The van der Waals surface area contributed by atoms with Gasteiger partial charge >= 0.3 is 6.18 Å². The molecule has 0 N–H and O–H groups in total. The van der Waals surface area contributed by atoms with Crippen molar-refractivity contribution in [3.8, 4) is 0 Å². The molecule has 0 aliphatic heterocycles. The molecule has 156 valence electrons. The zero-order valence-corrected chi connectivity index (χ0v) is 18.0. The van der Waals surface area contributed by atoms with Crippen molar-refractivity contribution in [1.82, 2.24) is 24.9 Å². The summed E-state index contributed by atoms with van der Waals surface area (Å²) in [6.45, 7) is 0. The first-order chi connectivity index (χ1) is 15.0. The highest BCUT2D eigenvalue weighted by atomic mass is 32.2. The molecule has 4 aromatic rings. The van der Waals surface area contributed by atoms with Gasteiger partial charge in [0.25, 0.3) is 0 Å². The number of hydrogen-bond acceptors (Lipinski definition) is 8. The molecule has 0 bridgehead atoms. The monoisotopic (exact) mass is 475 g/mol. The minimum absolute atomic E-state index is 0.363. The third-order valence-corrected chi connectivity index (χ3v) is 6.17. The molecule has 0 atom stereocenters. The molecular weight excluding hydrogens is 463 g/mol. The highest BCUT2D eigenvalue weighted by molar-refractivity contribution is 8.00. The fourth-order valence-corrected chi connectivity index (χ4v) is 4.73. The summed E-state index contributed by atoms with van der Waals surface area (Å²) in [4.78, 5) is 21.5. The van der Waals surface area contributed by atoms with E-state index < -0.39 is 11.7 Å². The summed E-state index contributed by atoms with van der Waals surface area (Å²) in [6.07, 6.45) is -0.249. The predicted molar refractivity (Wildman–Crippen MR) is 112 cm³/mol. The lowest BCUT2D eigenvalue weighted by Crippen LogP contribution is -2.05. The molecule has 0 amide bonds. The van der Waals surface area contributed by atoms with Crippen LogP contribution in [0.1, 0.15) is 5.56 Å². The Labute approximate surface area is 188 Å². The number of rotatable bonds is 6. The molecule has 0 radical (unpaired) electrons. The highest BCUT2D eigenvalue weighted by Crippen LogP contribution is 2.34. The number of halogens is 3. The molecule has 0 fully saturated rings. The van der Waals surface area contributed by atoms with E-state index in [4.69, 9.17) is 0 Å². The average Bonchev–Trinajstić information content (AvgIpc) is 2.75. The quantitative estimate of drug-likeness (QED) is 0.244. The zero-order valence-electron chi connectivity index (χ0n) is 15.5. The molecule has 11 heteroatoms. The maximum absolute atomic E-state index is 12.8. The van der Waals surface area contributed by atoms with Crippen molar-refractivity contribution in [3.63, 3.8) is 0 Å². The first kappa shape index (κ1) is 21.6. The van der Waals surface area contributed by atoms with Crippen molar-refractivity contribution in [1.29, 1.82) is 0 Å². The van der Waals surface area contributed by atoms with E-state index in [0.717, 1.165) is 34.1 Å². The Hall–Kier alpha value is -2.63. The number of aromatic nitrogens is 5. The first-order valence-corrected chi connectivity index (χ1v) is 11.2. The summed E-state index contributed by atoms with van der Waals surface area (Å²) in [5, 5.41) is 3.56. The number of pyridine rings is 3. The van der Waals surface area contributed by atoms with Crippen LogP contribution in [0, 0.1) is 0 Å². The van der Waals surface area contributed by atoms with Gasteiger partial charge in [-0.3, -0.25) is 0 Å². The minimum Gasteiger partial charge on any atom is -0.250 e. The third-order valence-electron chi connectivity index (χ3n) is 3.61. The van der Waals surface area contributed by atoms with Crippen molar-refractivity contribution in [3.05, 3.63) is 78.8 Å². The van der Waals surface area contributed by atoms with E-state index in [1.54, 1.807) is 12.4 Å². The Bertz CT molecular complexity index is 1080. The molecule has 0 spiro atoms. The largest absolute Gasteiger partial charge is 0.417 e. The van der Waals surface area contributed by atoms with Gasteiger partial charge in [0.05, 0.1) is 5.56 Å². The van der Waals surface area contributed by atoms with E-state index in [9.17, 15) is 13.2 Å². The standard InChI is InChI=1S/C20H12F3N5S3/c21-20(22,23)13-7-8-16(26-12-13)31-19-27-17(29-14-5-1-3-9-24-14)11-18(28-19)30-15-6-2-4-10-25-15/h1-12H. The Kier molecular flexibility index (Phi) is 6.73. The Morgan fingerprint density at radius 3 is 1.65 bits per heavy atom.